The van der Waals surface area contributed by atoms with Crippen LogP contribution < -0.4 is 5.73 Å². The molecule has 0 amide bonds. The van der Waals surface area contributed by atoms with E-state index in [2.05, 4.69) is 31.2 Å². The van der Waals surface area contributed by atoms with Crippen molar-refractivity contribution in [3.8, 4) is 0 Å². The Balaban J connectivity index is 1.89. The molecule has 2 rings (SSSR count). The molecule has 1 unspecified atom stereocenters. The quantitative estimate of drug-likeness (QED) is 0.864. The van der Waals surface area contributed by atoms with Crippen LogP contribution in [-0.2, 0) is 11.2 Å². The smallest absolute Gasteiger partial charge is 0.0876 e. The summed E-state index contributed by atoms with van der Waals surface area (Å²) < 4.78 is 5.34. The zero-order valence-corrected chi connectivity index (χ0v) is 10.5. The van der Waals surface area contributed by atoms with Crippen molar-refractivity contribution in [2.75, 3.05) is 6.61 Å². The van der Waals surface area contributed by atoms with Gasteiger partial charge in [-0.15, -0.1) is 0 Å². The monoisotopic (exact) mass is 231 g/mol. The van der Waals surface area contributed by atoms with E-state index in [9.17, 15) is 0 Å². The molecule has 2 heteroatoms. The lowest BCUT2D eigenvalue weighted by molar-refractivity contribution is 0.221. The van der Waals surface area contributed by atoms with E-state index in [1.165, 1.54) is 16.7 Å². The average molecular weight is 231 g/mol. The summed E-state index contributed by atoms with van der Waals surface area (Å²) in [7, 11) is 0. The first-order valence-corrected chi connectivity index (χ1v) is 6.38. The molecule has 0 aliphatic carbocycles. The molecule has 2 N–H and O–H groups in total. The van der Waals surface area contributed by atoms with Crippen molar-refractivity contribution >= 4 is 0 Å². The maximum Gasteiger partial charge on any atom is 0.0876 e. The second-order valence-electron chi connectivity index (χ2n) is 4.74. The average Bonchev–Trinajstić information content (AvgIpc) is 2.38. The largest absolute Gasteiger partial charge is 0.501 e. The first-order valence-electron chi connectivity index (χ1n) is 6.38. The highest BCUT2D eigenvalue weighted by Gasteiger charge is 2.13. The summed E-state index contributed by atoms with van der Waals surface area (Å²) in [5.74, 6) is 0. The van der Waals surface area contributed by atoms with Gasteiger partial charge in [0.15, 0.2) is 0 Å². The molecule has 0 fully saturated rings. The van der Waals surface area contributed by atoms with E-state index in [4.69, 9.17) is 10.5 Å². The van der Waals surface area contributed by atoms with Crippen molar-refractivity contribution in [1.82, 2.24) is 0 Å². The Morgan fingerprint density at radius 3 is 2.88 bits per heavy atom. The lowest BCUT2D eigenvalue weighted by Crippen LogP contribution is -2.25. The molecule has 1 aliphatic rings. The van der Waals surface area contributed by atoms with Gasteiger partial charge in [-0.25, -0.2) is 0 Å². The third kappa shape index (κ3) is 3.34. The van der Waals surface area contributed by atoms with Gasteiger partial charge >= 0.3 is 0 Å². The zero-order chi connectivity index (χ0) is 12.1. The van der Waals surface area contributed by atoms with E-state index < -0.39 is 0 Å². The summed E-state index contributed by atoms with van der Waals surface area (Å²) in [5.41, 5.74) is 10.2. The van der Waals surface area contributed by atoms with Gasteiger partial charge in [0.1, 0.15) is 0 Å². The second kappa shape index (κ2) is 5.87. The minimum Gasteiger partial charge on any atom is -0.501 e. The molecule has 1 aromatic carbocycles. The van der Waals surface area contributed by atoms with Crippen LogP contribution in [0, 0.1) is 6.92 Å². The fourth-order valence-electron chi connectivity index (χ4n) is 2.24. The molecule has 1 aromatic rings. The summed E-state index contributed by atoms with van der Waals surface area (Å²) in [6.07, 6.45) is 6.11. The number of nitrogens with two attached hydrogens (primary N) is 1. The molecule has 0 saturated heterocycles. The topological polar surface area (TPSA) is 35.2 Å². The number of ether oxygens (including phenoxy) is 1. The number of hydrogen-bond donors (Lipinski definition) is 1. The first-order chi connectivity index (χ1) is 8.27. The third-order valence-electron chi connectivity index (χ3n) is 3.42. The Kier molecular flexibility index (Phi) is 4.21. The van der Waals surface area contributed by atoms with Crippen molar-refractivity contribution in [2.45, 2.75) is 38.6 Å². The summed E-state index contributed by atoms with van der Waals surface area (Å²) in [6, 6.07) is 8.67. The normalized spacial score (nSPS) is 17.2. The molecular weight excluding hydrogens is 210 g/mol. The molecule has 0 spiro atoms. The predicted molar refractivity (Wildman–Crippen MR) is 70.7 cm³/mol. The Labute approximate surface area is 103 Å². The molecule has 2 nitrogen and oxygen atoms in total. The summed E-state index contributed by atoms with van der Waals surface area (Å²) in [5, 5.41) is 0. The minimum atomic E-state index is 0.148. The summed E-state index contributed by atoms with van der Waals surface area (Å²) >= 11 is 0. The van der Waals surface area contributed by atoms with Crippen LogP contribution in [0.5, 0.6) is 0 Å². The number of aryl methyl sites for hydroxylation is 2. The molecule has 1 aliphatic heterocycles. The van der Waals surface area contributed by atoms with E-state index in [0.717, 1.165) is 32.3 Å². The van der Waals surface area contributed by atoms with Crippen LogP contribution in [-0.4, -0.2) is 12.6 Å². The number of benzene rings is 1. The molecular formula is C15H21NO. The highest BCUT2D eigenvalue weighted by molar-refractivity contribution is 5.26. The minimum absolute atomic E-state index is 0.148. The lowest BCUT2D eigenvalue weighted by atomic mass is 9.95. The van der Waals surface area contributed by atoms with Crippen LogP contribution in [0.1, 0.15) is 30.4 Å². The Morgan fingerprint density at radius 2 is 2.18 bits per heavy atom. The lowest BCUT2D eigenvalue weighted by Gasteiger charge is -2.20. The van der Waals surface area contributed by atoms with Crippen LogP contribution in [0.25, 0.3) is 0 Å². The van der Waals surface area contributed by atoms with Gasteiger partial charge in [0.05, 0.1) is 12.9 Å². The van der Waals surface area contributed by atoms with Gasteiger partial charge in [0.2, 0.25) is 0 Å². The molecule has 17 heavy (non-hydrogen) atoms. The maximum absolute atomic E-state index is 6.20. The van der Waals surface area contributed by atoms with Crippen molar-refractivity contribution < 1.29 is 4.74 Å². The van der Waals surface area contributed by atoms with E-state index in [-0.39, 0.29) is 6.04 Å². The maximum atomic E-state index is 6.20. The molecule has 1 atom stereocenters. The highest BCUT2D eigenvalue weighted by Crippen LogP contribution is 2.18. The van der Waals surface area contributed by atoms with Crippen molar-refractivity contribution in [1.29, 1.82) is 0 Å². The van der Waals surface area contributed by atoms with Gasteiger partial charge in [-0.1, -0.05) is 24.3 Å². The Morgan fingerprint density at radius 1 is 1.35 bits per heavy atom. The van der Waals surface area contributed by atoms with E-state index in [0.29, 0.717) is 0 Å². The van der Waals surface area contributed by atoms with Crippen molar-refractivity contribution in [2.24, 2.45) is 5.73 Å². The Hall–Kier alpha value is -1.28. The molecule has 92 valence electrons. The fraction of sp³-hybridized carbons (Fsp3) is 0.467. The van der Waals surface area contributed by atoms with Crippen LogP contribution >= 0.6 is 0 Å². The SMILES string of the molecule is Cc1ccccc1CCC(N)C1=COCCC1. The second-order valence-corrected chi connectivity index (χ2v) is 4.74. The van der Waals surface area contributed by atoms with E-state index in [1.54, 1.807) is 0 Å². The van der Waals surface area contributed by atoms with Gasteiger partial charge in [-0.05, 0) is 49.3 Å². The van der Waals surface area contributed by atoms with Crippen molar-refractivity contribution in [3.63, 3.8) is 0 Å². The fourth-order valence-corrected chi connectivity index (χ4v) is 2.24. The third-order valence-corrected chi connectivity index (χ3v) is 3.42. The van der Waals surface area contributed by atoms with Gasteiger partial charge in [-0.3, -0.25) is 0 Å². The van der Waals surface area contributed by atoms with Crippen LogP contribution in [0.15, 0.2) is 36.1 Å². The molecule has 0 radical (unpaired) electrons. The van der Waals surface area contributed by atoms with Crippen LogP contribution in [0.3, 0.4) is 0 Å². The van der Waals surface area contributed by atoms with Gasteiger partial charge in [-0.2, -0.15) is 0 Å². The molecule has 0 aromatic heterocycles. The van der Waals surface area contributed by atoms with Gasteiger partial charge in [0.25, 0.3) is 0 Å². The van der Waals surface area contributed by atoms with E-state index >= 15 is 0 Å². The van der Waals surface area contributed by atoms with Crippen LogP contribution in [0.2, 0.25) is 0 Å². The predicted octanol–water partition coefficient (Wildman–Crippen LogP) is 2.95. The molecule has 0 bridgehead atoms. The molecule has 0 saturated carbocycles. The number of rotatable bonds is 4. The van der Waals surface area contributed by atoms with E-state index in [1.807, 2.05) is 6.26 Å². The summed E-state index contributed by atoms with van der Waals surface area (Å²) in [6.45, 7) is 3.00. The summed E-state index contributed by atoms with van der Waals surface area (Å²) in [4.78, 5) is 0. The van der Waals surface area contributed by atoms with Crippen molar-refractivity contribution in [3.05, 3.63) is 47.2 Å². The van der Waals surface area contributed by atoms with Gasteiger partial charge in [0, 0.05) is 6.04 Å². The number of hydrogen-bond acceptors (Lipinski definition) is 2. The zero-order valence-electron chi connectivity index (χ0n) is 10.5. The molecule has 1 heterocycles. The van der Waals surface area contributed by atoms with Gasteiger partial charge < -0.3 is 10.5 Å². The first kappa shape index (κ1) is 12.2. The standard InChI is InChI=1S/C15H21NO/c1-12-5-2-3-6-13(12)8-9-15(16)14-7-4-10-17-11-14/h2-3,5-6,11,15H,4,7-10,16H2,1H3. The highest BCUT2D eigenvalue weighted by atomic mass is 16.5. The van der Waals surface area contributed by atoms with Crippen LogP contribution in [0.4, 0.5) is 0 Å². The Bertz CT molecular complexity index is 398.